The Bertz CT molecular complexity index is 663. The second-order valence-electron chi connectivity index (χ2n) is 4.22. The molecule has 0 fully saturated rings. The van der Waals surface area contributed by atoms with Crippen molar-refractivity contribution in [1.82, 2.24) is 0 Å². The van der Waals surface area contributed by atoms with E-state index in [0.717, 1.165) is 6.21 Å². The summed E-state index contributed by atoms with van der Waals surface area (Å²) in [5.41, 5.74) is 1.47. The minimum atomic E-state index is -0.528. The first kappa shape index (κ1) is 14.7. The molecule has 0 radical (unpaired) electrons. The quantitative estimate of drug-likeness (QED) is 0.480. The van der Waals surface area contributed by atoms with Gasteiger partial charge in [0.15, 0.2) is 5.78 Å². The van der Waals surface area contributed by atoms with Crippen molar-refractivity contribution >= 4 is 23.7 Å². The second-order valence-corrected chi connectivity index (χ2v) is 4.22. The van der Waals surface area contributed by atoms with E-state index in [9.17, 15) is 9.59 Å². The maximum Gasteiger partial charge on any atom is 0.349 e. The highest BCUT2D eigenvalue weighted by Crippen LogP contribution is 2.21. The van der Waals surface area contributed by atoms with Gasteiger partial charge in [-0.1, -0.05) is 42.5 Å². The van der Waals surface area contributed by atoms with Gasteiger partial charge < -0.3 is 4.74 Å². The molecule has 0 saturated heterocycles. The molecule has 106 valence electrons. The third-order valence-corrected chi connectivity index (χ3v) is 2.78. The lowest BCUT2D eigenvalue weighted by Gasteiger charge is -2.04. The highest BCUT2D eigenvalue weighted by atomic mass is 16.5. The molecule has 0 spiro atoms. The first-order chi connectivity index (χ1) is 10.2. The highest BCUT2D eigenvalue weighted by Gasteiger charge is 2.12. The summed E-state index contributed by atoms with van der Waals surface area (Å²) in [6.45, 7) is 2.01. The summed E-state index contributed by atoms with van der Waals surface area (Å²) in [4.78, 5) is 27.8. The fraction of sp³-hybridized carbons (Fsp3) is 0.118. The number of benzene rings is 2. The van der Waals surface area contributed by atoms with Gasteiger partial charge in [-0.2, -0.15) is 0 Å². The van der Waals surface area contributed by atoms with Gasteiger partial charge >= 0.3 is 5.97 Å². The Kier molecular flexibility index (Phi) is 4.99. The fourth-order valence-corrected chi connectivity index (χ4v) is 1.83. The van der Waals surface area contributed by atoms with Crippen LogP contribution in [0.25, 0.3) is 0 Å². The Morgan fingerprint density at radius 3 is 2.43 bits per heavy atom. The fourth-order valence-electron chi connectivity index (χ4n) is 1.83. The second kappa shape index (κ2) is 7.14. The summed E-state index contributed by atoms with van der Waals surface area (Å²) in [5, 5.41) is 0. The van der Waals surface area contributed by atoms with Gasteiger partial charge in [0.25, 0.3) is 0 Å². The first-order valence-electron chi connectivity index (χ1n) is 6.62. The Labute approximate surface area is 123 Å². The Morgan fingerprint density at radius 1 is 1.05 bits per heavy atom. The van der Waals surface area contributed by atoms with Crippen molar-refractivity contribution < 1.29 is 14.3 Å². The lowest BCUT2D eigenvalue weighted by Crippen LogP contribution is -2.05. The van der Waals surface area contributed by atoms with Crippen molar-refractivity contribution in [3.05, 3.63) is 65.7 Å². The van der Waals surface area contributed by atoms with Crippen molar-refractivity contribution in [2.75, 3.05) is 6.61 Å². The zero-order valence-corrected chi connectivity index (χ0v) is 11.7. The molecule has 0 saturated carbocycles. The van der Waals surface area contributed by atoms with Gasteiger partial charge in [0.1, 0.15) is 6.21 Å². The predicted octanol–water partition coefficient (Wildman–Crippen LogP) is 3.18. The Morgan fingerprint density at radius 2 is 1.71 bits per heavy atom. The smallest absolute Gasteiger partial charge is 0.349 e. The molecule has 2 aromatic rings. The summed E-state index contributed by atoms with van der Waals surface area (Å²) < 4.78 is 4.78. The zero-order chi connectivity index (χ0) is 15.1. The summed E-state index contributed by atoms with van der Waals surface area (Å²) in [5.74, 6) is -0.660. The van der Waals surface area contributed by atoms with Crippen LogP contribution in [0.2, 0.25) is 0 Å². The number of carbonyl (C=O) groups excluding carboxylic acids is 2. The molecule has 0 heterocycles. The average molecular weight is 281 g/mol. The third kappa shape index (κ3) is 3.86. The van der Waals surface area contributed by atoms with E-state index >= 15 is 0 Å². The molecule has 2 rings (SSSR count). The molecule has 0 bridgehead atoms. The van der Waals surface area contributed by atoms with Crippen molar-refractivity contribution in [3.8, 4) is 0 Å². The number of ether oxygens (including phenoxy) is 1. The van der Waals surface area contributed by atoms with Gasteiger partial charge in [-0.3, -0.25) is 4.79 Å². The average Bonchev–Trinajstić information content (AvgIpc) is 2.54. The zero-order valence-electron chi connectivity index (χ0n) is 11.7. The molecular formula is C17H15NO3. The molecular weight excluding hydrogens is 266 g/mol. The van der Waals surface area contributed by atoms with E-state index in [4.69, 9.17) is 4.74 Å². The molecule has 0 N–H and O–H groups in total. The van der Waals surface area contributed by atoms with Crippen LogP contribution < -0.4 is 0 Å². The lowest BCUT2D eigenvalue weighted by atomic mass is 10.0. The molecule has 0 aromatic heterocycles. The third-order valence-electron chi connectivity index (χ3n) is 2.78. The normalized spacial score (nSPS) is 10.5. The van der Waals surface area contributed by atoms with Crippen molar-refractivity contribution in [2.24, 2.45) is 4.99 Å². The number of para-hydroxylation sites is 1. The molecule has 0 aliphatic heterocycles. The van der Waals surface area contributed by atoms with Crippen molar-refractivity contribution in [3.63, 3.8) is 0 Å². The SMILES string of the molecule is CCOC(=O)C=Nc1ccccc1C(=O)c1ccccc1. The monoisotopic (exact) mass is 281 g/mol. The number of rotatable bonds is 5. The van der Waals surface area contributed by atoms with Crippen LogP contribution in [0.3, 0.4) is 0 Å². The van der Waals surface area contributed by atoms with Gasteiger partial charge in [0, 0.05) is 11.1 Å². The van der Waals surface area contributed by atoms with Crippen LogP contribution in [0.15, 0.2) is 59.6 Å². The first-order valence-corrected chi connectivity index (χ1v) is 6.62. The van der Waals surface area contributed by atoms with Gasteiger partial charge in [-0.25, -0.2) is 9.79 Å². The number of nitrogens with zero attached hydrogens (tertiary/aromatic N) is 1. The summed E-state index contributed by atoms with van der Waals surface area (Å²) in [6, 6.07) is 15.8. The van der Waals surface area contributed by atoms with Crippen LogP contribution in [0.5, 0.6) is 0 Å². The van der Waals surface area contributed by atoms with E-state index in [1.54, 1.807) is 55.5 Å². The van der Waals surface area contributed by atoms with Crippen LogP contribution >= 0.6 is 0 Å². The van der Waals surface area contributed by atoms with Crippen LogP contribution in [0.4, 0.5) is 5.69 Å². The van der Waals surface area contributed by atoms with Crippen LogP contribution in [-0.2, 0) is 9.53 Å². The summed E-state index contributed by atoms with van der Waals surface area (Å²) in [7, 11) is 0. The van der Waals surface area contributed by atoms with Gasteiger partial charge in [-0.15, -0.1) is 0 Å². The molecule has 21 heavy (non-hydrogen) atoms. The van der Waals surface area contributed by atoms with Crippen LogP contribution in [0.1, 0.15) is 22.8 Å². The van der Waals surface area contributed by atoms with E-state index in [-0.39, 0.29) is 12.4 Å². The van der Waals surface area contributed by atoms with E-state index in [1.807, 2.05) is 6.07 Å². The lowest BCUT2D eigenvalue weighted by molar-refractivity contribution is -0.134. The van der Waals surface area contributed by atoms with Gasteiger partial charge in [0.2, 0.25) is 0 Å². The van der Waals surface area contributed by atoms with E-state index < -0.39 is 5.97 Å². The molecule has 4 heteroatoms. The van der Waals surface area contributed by atoms with Crippen molar-refractivity contribution in [1.29, 1.82) is 0 Å². The van der Waals surface area contributed by atoms with Crippen LogP contribution in [-0.4, -0.2) is 24.6 Å². The molecule has 2 aromatic carbocycles. The summed E-state index contributed by atoms with van der Waals surface area (Å²) >= 11 is 0. The summed E-state index contributed by atoms with van der Waals surface area (Å²) in [6.07, 6.45) is 1.08. The number of esters is 1. The topological polar surface area (TPSA) is 55.7 Å². The van der Waals surface area contributed by atoms with E-state index in [1.165, 1.54) is 0 Å². The van der Waals surface area contributed by atoms with E-state index in [2.05, 4.69) is 4.99 Å². The standard InChI is InChI=1S/C17H15NO3/c1-2-21-16(19)12-18-15-11-7-6-10-14(15)17(20)13-8-4-3-5-9-13/h3-12H,2H2,1H3. The van der Waals surface area contributed by atoms with Crippen LogP contribution in [0, 0.1) is 0 Å². The maximum atomic E-state index is 12.4. The Balaban J connectivity index is 2.29. The molecule has 4 nitrogen and oxygen atoms in total. The number of aliphatic imine (C=N–C) groups is 1. The van der Waals surface area contributed by atoms with Gasteiger partial charge in [-0.05, 0) is 19.1 Å². The van der Waals surface area contributed by atoms with Gasteiger partial charge in [0.05, 0.1) is 12.3 Å². The number of ketones is 1. The number of hydrogen-bond donors (Lipinski definition) is 0. The molecule has 0 aliphatic rings. The number of carbonyl (C=O) groups is 2. The largest absolute Gasteiger partial charge is 0.462 e. The highest BCUT2D eigenvalue weighted by molar-refractivity contribution is 6.24. The maximum absolute atomic E-state index is 12.4. The Hall–Kier alpha value is -2.75. The van der Waals surface area contributed by atoms with E-state index in [0.29, 0.717) is 16.8 Å². The van der Waals surface area contributed by atoms with Crippen molar-refractivity contribution in [2.45, 2.75) is 6.92 Å². The molecule has 0 atom stereocenters. The molecule has 0 aliphatic carbocycles. The molecule has 0 amide bonds. The number of hydrogen-bond acceptors (Lipinski definition) is 4. The minimum Gasteiger partial charge on any atom is -0.462 e. The molecule has 0 unspecified atom stereocenters. The predicted molar refractivity (Wildman–Crippen MR) is 81.1 cm³/mol. The minimum absolute atomic E-state index is 0.132.